The molecule has 0 aromatic carbocycles. The molecule has 2 aliphatic heterocycles. The predicted octanol–water partition coefficient (Wildman–Crippen LogP) is 2.72. The van der Waals surface area contributed by atoms with Gasteiger partial charge in [0.05, 0.1) is 54.9 Å². The molecule has 18 atom stereocenters. The normalized spacial score (nSPS) is 37.9. The second-order valence-corrected chi connectivity index (χ2v) is 20.9. The molecular formula is C54H91N3O17. The van der Waals surface area contributed by atoms with Gasteiger partial charge in [-0.05, 0) is 75.7 Å². The van der Waals surface area contributed by atoms with E-state index >= 15 is 0 Å². The summed E-state index contributed by atoms with van der Waals surface area (Å²) in [4.78, 5) is 41.1. The number of carbonyl (C=O) groups excluding carboxylic acids is 2. The van der Waals surface area contributed by atoms with Crippen molar-refractivity contribution in [1.82, 2.24) is 0 Å². The molecule has 2 bridgehead atoms. The number of carbonyl (C=O) groups is 3. The van der Waals surface area contributed by atoms with Gasteiger partial charge in [0.25, 0.3) is 0 Å². The molecule has 2 aliphatic rings. The van der Waals surface area contributed by atoms with Crippen LogP contribution in [0.5, 0.6) is 0 Å². The Bertz CT molecular complexity index is 1860. The number of nitrogens with zero attached hydrogens (tertiary/aromatic N) is 1. The van der Waals surface area contributed by atoms with Crippen molar-refractivity contribution in [1.29, 1.82) is 0 Å². The molecule has 0 aromatic heterocycles. The number of aliphatic hydroxyl groups is 10. The number of carboxylic acid groups (broad SMARTS) is 1. The highest BCUT2D eigenvalue weighted by Crippen LogP contribution is 2.36. The minimum atomic E-state index is -2.52. The highest BCUT2D eigenvalue weighted by molar-refractivity contribution is 5.90. The third kappa shape index (κ3) is 25.2. The number of fused-ring (bicyclic) bond motifs is 2. The van der Waals surface area contributed by atoms with E-state index in [4.69, 9.17) is 25.7 Å². The number of aliphatic imine (C=N–C) groups is 1. The molecule has 2 rings (SSSR count). The maximum absolute atomic E-state index is 13.2. The molecule has 0 amide bonds. The maximum atomic E-state index is 13.2. The molecule has 0 aliphatic carbocycles. The van der Waals surface area contributed by atoms with Gasteiger partial charge >= 0.3 is 17.9 Å². The molecule has 0 spiro atoms. The molecule has 1 saturated heterocycles. The van der Waals surface area contributed by atoms with Gasteiger partial charge < -0.3 is 81.8 Å². The van der Waals surface area contributed by atoms with Crippen LogP contribution in [0.4, 0.5) is 0 Å². The molecule has 74 heavy (non-hydrogen) atoms. The Morgan fingerprint density at radius 1 is 0.797 bits per heavy atom. The van der Waals surface area contributed by atoms with E-state index in [1.807, 2.05) is 19.9 Å². The van der Waals surface area contributed by atoms with Crippen molar-refractivity contribution in [2.75, 3.05) is 6.54 Å². The zero-order valence-corrected chi connectivity index (χ0v) is 44.3. The zero-order valence-electron chi connectivity index (χ0n) is 44.3. The number of esters is 2. The third-order valence-electron chi connectivity index (χ3n) is 14.2. The van der Waals surface area contributed by atoms with Crippen LogP contribution in [0.1, 0.15) is 138 Å². The summed E-state index contributed by atoms with van der Waals surface area (Å²) in [5.41, 5.74) is 11.3. The lowest BCUT2D eigenvalue weighted by molar-refractivity contribution is -0.333. The number of cyclic esters (lactones) is 1. The number of allylic oxidation sites excluding steroid dienone is 6. The lowest BCUT2D eigenvalue weighted by Gasteiger charge is -2.45. The number of nitrogens with two attached hydrogens (primary N) is 2. The van der Waals surface area contributed by atoms with E-state index in [1.54, 1.807) is 52.0 Å². The Hall–Kier alpha value is -4.06. The Morgan fingerprint density at radius 2 is 1.45 bits per heavy atom. The third-order valence-corrected chi connectivity index (χ3v) is 14.2. The SMILES string of the molecule is C/C1=C\C=C\[C@H](C)[C@H]([C@@H](C)CCC/C=C\CCCN=C(N)N)OC(=O)/C=C\C=C\[C@@H](C)[C@@H](O)C[C@@H](O)[C@@H](C)[C@H](O)CC[C@H](C)[C@@H](O)C[C@@]2(O)O[C@H](C[C@@H](OC(=O)CC(=O)O)C[C@@H](O)C[C@H](O)C[C@H]1O)C[C@H](O)[C@H]2O. The lowest BCUT2D eigenvalue weighted by atomic mass is 9.84. The summed E-state index contributed by atoms with van der Waals surface area (Å²) in [5.74, 6) is -7.80. The summed E-state index contributed by atoms with van der Waals surface area (Å²) in [6, 6.07) is 0. The monoisotopic (exact) mass is 1050 g/mol. The van der Waals surface area contributed by atoms with Crippen molar-refractivity contribution in [2.45, 2.75) is 217 Å². The number of guanidine groups is 1. The van der Waals surface area contributed by atoms with Crippen molar-refractivity contribution in [3.05, 3.63) is 60.3 Å². The molecule has 20 nitrogen and oxygen atoms in total. The number of aliphatic hydroxyl groups excluding tert-OH is 9. The molecule has 0 unspecified atom stereocenters. The first-order valence-corrected chi connectivity index (χ1v) is 26.3. The van der Waals surface area contributed by atoms with Gasteiger partial charge in [-0.1, -0.05) is 83.2 Å². The molecule has 20 heteroatoms. The number of rotatable bonds is 12. The average molecular weight is 1050 g/mol. The van der Waals surface area contributed by atoms with Gasteiger partial charge in [-0.3, -0.25) is 14.6 Å². The second-order valence-electron chi connectivity index (χ2n) is 20.9. The minimum Gasteiger partial charge on any atom is -0.481 e. The van der Waals surface area contributed by atoms with Crippen molar-refractivity contribution in [2.24, 2.45) is 46.0 Å². The topological polar surface area (TPSA) is 366 Å². The Labute approximate surface area is 437 Å². The second kappa shape index (κ2) is 33.9. The van der Waals surface area contributed by atoms with E-state index in [0.717, 1.165) is 32.1 Å². The molecule has 0 radical (unpaired) electrons. The fourth-order valence-electron chi connectivity index (χ4n) is 9.23. The van der Waals surface area contributed by atoms with Crippen LogP contribution in [0, 0.1) is 29.6 Å². The fourth-order valence-corrected chi connectivity index (χ4v) is 9.23. The number of ether oxygens (including phenoxy) is 3. The van der Waals surface area contributed by atoms with Gasteiger partial charge in [-0.15, -0.1) is 0 Å². The minimum absolute atomic E-state index is 0.0617. The van der Waals surface area contributed by atoms with Gasteiger partial charge in [-0.2, -0.15) is 0 Å². The molecule has 1 fully saturated rings. The maximum Gasteiger partial charge on any atom is 0.331 e. The van der Waals surface area contributed by atoms with Gasteiger partial charge in [0, 0.05) is 68.9 Å². The van der Waals surface area contributed by atoms with Crippen LogP contribution in [0.15, 0.2) is 65.2 Å². The molecular weight excluding hydrogens is 963 g/mol. The van der Waals surface area contributed by atoms with Gasteiger partial charge in [0.15, 0.2) is 11.7 Å². The summed E-state index contributed by atoms with van der Waals surface area (Å²) in [6.07, 6.45) is 1.87. The average Bonchev–Trinajstić information content (AvgIpc) is 3.30. The number of aliphatic carboxylic acids is 1. The Balaban J connectivity index is 2.41. The van der Waals surface area contributed by atoms with Crippen LogP contribution in [-0.4, -0.2) is 166 Å². The molecule has 424 valence electrons. The number of hydrogen-bond donors (Lipinski definition) is 13. The predicted molar refractivity (Wildman–Crippen MR) is 277 cm³/mol. The van der Waals surface area contributed by atoms with Crippen molar-refractivity contribution >= 4 is 23.9 Å². The molecule has 0 saturated carbocycles. The standard InChI is InChI=1S/C54H91N3O17/c1-32-16-12-13-20-49(68)73-51(35(4)17-11-9-7-8-10-14-23-57-53(55)56)36(5)19-15-18-33(2)43(61)26-39(59)24-38(58)25-40(72-50(69)30-48(66)67)27-41-28-46(64)52(70)54(71,74-41)31-47(65)34(3)21-22-42(60)37(6)45(63)29-44(32)62/h7-8,12-13,15-16,18-20,32,34-47,51-52,58-65,70-71H,9-11,14,17,21-31H2,1-6H3,(H,66,67)(H4,55,56,57)/b8-7-,16-12+,19-15+,20-13-,33-18+/t32-,34+,35+,36+,37+,38+,39+,40+,41-,42-,43-,44+,45-,46+,47+,51+,52-,54-/m1/s1. The first-order chi connectivity index (χ1) is 34.7. The summed E-state index contributed by atoms with van der Waals surface area (Å²) in [6.45, 7) is 11.1. The van der Waals surface area contributed by atoms with Crippen LogP contribution in [0.3, 0.4) is 0 Å². The smallest absolute Gasteiger partial charge is 0.331 e. The lowest BCUT2D eigenvalue weighted by Crippen LogP contribution is -2.60. The quantitative estimate of drug-likeness (QED) is 0.0334. The van der Waals surface area contributed by atoms with Crippen LogP contribution in [-0.2, 0) is 28.6 Å². The van der Waals surface area contributed by atoms with Crippen LogP contribution >= 0.6 is 0 Å². The van der Waals surface area contributed by atoms with Gasteiger partial charge in [0.1, 0.15) is 24.7 Å². The highest BCUT2D eigenvalue weighted by Gasteiger charge is 2.50. The summed E-state index contributed by atoms with van der Waals surface area (Å²) in [5, 5.41) is 120. The van der Waals surface area contributed by atoms with E-state index in [9.17, 15) is 70.6 Å². The van der Waals surface area contributed by atoms with E-state index in [0.29, 0.717) is 12.1 Å². The van der Waals surface area contributed by atoms with Gasteiger partial charge in [0.2, 0.25) is 0 Å². The number of carboxylic acids is 1. The van der Waals surface area contributed by atoms with Crippen molar-refractivity contribution < 1.29 is 84.8 Å². The first-order valence-electron chi connectivity index (χ1n) is 26.3. The van der Waals surface area contributed by atoms with E-state index in [-0.39, 0.29) is 69.2 Å². The zero-order chi connectivity index (χ0) is 55.7. The summed E-state index contributed by atoms with van der Waals surface area (Å²) in [7, 11) is 0. The van der Waals surface area contributed by atoms with Crippen molar-refractivity contribution in [3.63, 3.8) is 0 Å². The number of unbranched alkanes of at least 4 members (excludes halogenated alkanes) is 2. The fraction of sp³-hybridized carbons (Fsp3) is 0.741. The Morgan fingerprint density at radius 3 is 2.11 bits per heavy atom. The summed E-state index contributed by atoms with van der Waals surface area (Å²) < 4.78 is 17.3. The van der Waals surface area contributed by atoms with Crippen LogP contribution in [0.25, 0.3) is 0 Å². The molecule has 2 heterocycles. The molecule has 0 aromatic rings. The number of hydrogen-bond acceptors (Lipinski definition) is 17. The van der Waals surface area contributed by atoms with Gasteiger partial charge in [-0.25, -0.2) is 4.79 Å². The van der Waals surface area contributed by atoms with Crippen molar-refractivity contribution in [3.8, 4) is 0 Å². The highest BCUT2D eigenvalue weighted by atomic mass is 16.7. The van der Waals surface area contributed by atoms with E-state index in [1.165, 1.54) is 12.2 Å². The van der Waals surface area contributed by atoms with Crippen LogP contribution in [0.2, 0.25) is 0 Å². The largest absolute Gasteiger partial charge is 0.481 e. The molecule has 15 N–H and O–H groups in total. The van der Waals surface area contributed by atoms with E-state index in [2.05, 4.69) is 17.1 Å². The van der Waals surface area contributed by atoms with Crippen LogP contribution < -0.4 is 11.5 Å². The Kier molecular flexibility index (Phi) is 30.2. The summed E-state index contributed by atoms with van der Waals surface area (Å²) >= 11 is 0. The first kappa shape index (κ1) is 66.1. The van der Waals surface area contributed by atoms with E-state index < -0.39 is 128 Å².